The maximum atomic E-state index is 12.1. The predicted octanol–water partition coefficient (Wildman–Crippen LogP) is 4.30. The first-order valence-electron chi connectivity index (χ1n) is 7.84. The summed E-state index contributed by atoms with van der Waals surface area (Å²) in [5.74, 6) is -1.28. The quantitative estimate of drug-likeness (QED) is 0.330. The van der Waals surface area contributed by atoms with Gasteiger partial charge in [-0.3, -0.25) is 4.79 Å². The molecule has 0 N–H and O–H groups in total. The van der Waals surface area contributed by atoms with Crippen LogP contribution in [0.1, 0.15) is 31.3 Å². The first-order valence-corrected chi connectivity index (χ1v) is 8.64. The molecule has 2 aromatic carbocycles. The van der Waals surface area contributed by atoms with E-state index in [-0.39, 0.29) is 11.5 Å². The summed E-state index contributed by atoms with van der Waals surface area (Å²) in [4.78, 5) is 35.8. The molecule has 0 radical (unpaired) electrons. The van der Waals surface area contributed by atoms with E-state index in [1.807, 2.05) is 0 Å². The van der Waals surface area contributed by atoms with Crippen molar-refractivity contribution in [1.82, 2.24) is 0 Å². The zero-order valence-electron chi connectivity index (χ0n) is 13.9. The SMILES string of the molecule is O=C(COC(=O)c1ccco1)c1ccc(OC(=O)c2ccc(Br)cc2)cc1. The number of ketones is 1. The molecule has 0 aliphatic heterocycles. The number of esters is 2. The first-order chi connectivity index (χ1) is 13.0. The van der Waals surface area contributed by atoms with Crippen molar-refractivity contribution in [3.63, 3.8) is 0 Å². The Bertz CT molecular complexity index is 943. The Labute approximate surface area is 162 Å². The lowest BCUT2D eigenvalue weighted by atomic mass is 10.1. The minimum absolute atomic E-state index is 0.0259. The number of benzene rings is 2. The second kappa shape index (κ2) is 8.46. The number of carbonyl (C=O) groups excluding carboxylic acids is 3. The lowest BCUT2D eigenvalue weighted by Gasteiger charge is -2.06. The number of hydrogen-bond donors (Lipinski definition) is 0. The number of Topliss-reactive ketones (excluding diaryl/α,β-unsaturated/α-hetero) is 1. The third-order valence-electron chi connectivity index (χ3n) is 3.52. The van der Waals surface area contributed by atoms with Crippen molar-refractivity contribution < 1.29 is 28.3 Å². The lowest BCUT2D eigenvalue weighted by Crippen LogP contribution is -2.14. The Morgan fingerprint density at radius 1 is 0.852 bits per heavy atom. The molecule has 1 heterocycles. The van der Waals surface area contributed by atoms with Gasteiger partial charge in [0.1, 0.15) is 5.75 Å². The standard InChI is InChI=1S/C20H13BrO6/c21-15-7-3-14(4-8-15)19(23)27-16-9-5-13(6-10-16)17(22)12-26-20(24)18-2-1-11-25-18/h1-11H,12H2. The Balaban J connectivity index is 1.56. The van der Waals surface area contributed by atoms with Gasteiger partial charge in [-0.1, -0.05) is 15.9 Å². The molecule has 7 heteroatoms. The molecule has 0 bridgehead atoms. The van der Waals surface area contributed by atoms with Crippen molar-refractivity contribution in [2.75, 3.05) is 6.61 Å². The largest absolute Gasteiger partial charge is 0.457 e. The molecule has 136 valence electrons. The number of furan rings is 1. The third kappa shape index (κ3) is 4.92. The van der Waals surface area contributed by atoms with Crippen molar-refractivity contribution in [3.8, 4) is 5.75 Å². The number of halogens is 1. The van der Waals surface area contributed by atoms with Gasteiger partial charge in [0, 0.05) is 10.0 Å². The maximum absolute atomic E-state index is 12.1. The van der Waals surface area contributed by atoms with E-state index in [4.69, 9.17) is 13.9 Å². The van der Waals surface area contributed by atoms with E-state index < -0.39 is 18.5 Å². The summed E-state index contributed by atoms with van der Waals surface area (Å²) in [7, 11) is 0. The van der Waals surface area contributed by atoms with E-state index in [1.165, 1.54) is 36.6 Å². The van der Waals surface area contributed by atoms with E-state index in [0.29, 0.717) is 16.9 Å². The molecule has 3 rings (SSSR count). The summed E-state index contributed by atoms with van der Waals surface area (Å²) < 4.78 is 15.9. The Kier molecular flexibility index (Phi) is 5.83. The highest BCUT2D eigenvalue weighted by molar-refractivity contribution is 9.10. The van der Waals surface area contributed by atoms with Crippen LogP contribution in [-0.4, -0.2) is 24.3 Å². The Hall–Kier alpha value is -3.19. The number of ether oxygens (including phenoxy) is 2. The molecule has 0 amide bonds. The van der Waals surface area contributed by atoms with Crippen molar-refractivity contribution in [2.45, 2.75) is 0 Å². The van der Waals surface area contributed by atoms with Gasteiger partial charge in [-0.15, -0.1) is 0 Å². The second-order valence-corrected chi connectivity index (χ2v) is 6.31. The van der Waals surface area contributed by atoms with Crippen LogP contribution < -0.4 is 4.74 Å². The second-order valence-electron chi connectivity index (χ2n) is 5.40. The van der Waals surface area contributed by atoms with Crippen LogP contribution in [0.25, 0.3) is 0 Å². The van der Waals surface area contributed by atoms with Crippen molar-refractivity contribution in [1.29, 1.82) is 0 Å². The fraction of sp³-hybridized carbons (Fsp3) is 0.0500. The van der Waals surface area contributed by atoms with E-state index in [2.05, 4.69) is 15.9 Å². The van der Waals surface area contributed by atoms with E-state index in [9.17, 15) is 14.4 Å². The van der Waals surface area contributed by atoms with Crippen LogP contribution in [-0.2, 0) is 4.74 Å². The summed E-state index contributed by atoms with van der Waals surface area (Å²) >= 11 is 3.30. The molecular formula is C20H13BrO6. The van der Waals surface area contributed by atoms with Crippen molar-refractivity contribution in [2.24, 2.45) is 0 Å². The van der Waals surface area contributed by atoms with Gasteiger partial charge in [-0.05, 0) is 60.7 Å². The van der Waals surface area contributed by atoms with Crippen LogP contribution in [0.5, 0.6) is 5.75 Å². The van der Waals surface area contributed by atoms with Gasteiger partial charge in [0.05, 0.1) is 11.8 Å². The van der Waals surface area contributed by atoms with Crippen LogP contribution in [0.2, 0.25) is 0 Å². The van der Waals surface area contributed by atoms with E-state index in [1.54, 1.807) is 30.3 Å². The zero-order chi connectivity index (χ0) is 19.2. The normalized spacial score (nSPS) is 10.3. The summed E-state index contributed by atoms with van der Waals surface area (Å²) in [5, 5.41) is 0. The van der Waals surface area contributed by atoms with Gasteiger partial charge in [0.15, 0.2) is 12.4 Å². The molecular weight excluding hydrogens is 416 g/mol. The first kappa shape index (κ1) is 18.6. The molecule has 0 saturated heterocycles. The molecule has 0 atom stereocenters. The van der Waals surface area contributed by atoms with Gasteiger partial charge in [0.2, 0.25) is 5.76 Å². The highest BCUT2D eigenvalue weighted by Gasteiger charge is 2.14. The van der Waals surface area contributed by atoms with E-state index >= 15 is 0 Å². The monoisotopic (exact) mass is 428 g/mol. The highest BCUT2D eigenvalue weighted by atomic mass is 79.9. The maximum Gasteiger partial charge on any atom is 0.374 e. The topological polar surface area (TPSA) is 82.8 Å². The Morgan fingerprint density at radius 2 is 1.52 bits per heavy atom. The third-order valence-corrected chi connectivity index (χ3v) is 4.05. The summed E-state index contributed by atoms with van der Waals surface area (Å²) in [6, 6.07) is 15.7. The number of rotatable bonds is 6. The van der Waals surface area contributed by atoms with Gasteiger partial charge >= 0.3 is 11.9 Å². The van der Waals surface area contributed by atoms with E-state index in [0.717, 1.165) is 4.47 Å². The molecule has 0 spiro atoms. The number of carbonyl (C=O) groups is 3. The molecule has 0 fully saturated rings. The zero-order valence-corrected chi connectivity index (χ0v) is 15.5. The van der Waals surface area contributed by atoms with Crippen LogP contribution in [0.3, 0.4) is 0 Å². The van der Waals surface area contributed by atoms with Crippen LogP contribution in [0.15, 0.2) is 75.8 Å². The van der Waals surface area contributed by atoms with Gasteiger partial charge in [0.25, 0.3) is 0 Å². The molecule has 0 saturated carbocycles. The average Bonchev–Trinajstić information content (AvgIpc) is 3.22. The van der Waals surface area contributed by atoms with Crippen LogP contribution in [0, 0.1) is 0 Å². The molecule has 1 aromatic heterocycles. The molecule has 0 aliphatic carbocycles. The summed E-state index contributed by atoms with van der Waals surface area (Å²) in [5.41, 5.74) is 0.730. The molecule has 0 unspecified atom stereocenters. The molecule has 27 heavy (non-hydrogen) atoms. The Morgan fingerprint density at radius 3 is 2.15 bits per heavy atom. The highest BCUT2D eigenvalue weighted by Crippen LogP contribution is 2.16. The van der Waals surface area contributed by atoms with Gasteiger partial charge in [-0.25, -0.2) is 9.59 Å². The smallest absolute Gasteiger partial charge is 0.374 e. The minimum atomic E-state index is -0.714. The van der Waals surface area contributed by atoms with Gasteiger partial charge in [-0.2, -0.15) is 0 Å². The minimum Gasteiger partial charge on any atom is -0.457 e. The van der Waals surface area contributed by atoms with Crippen LogP contribution in [0.4, 0.5) is 0 Å². The van der Waals surface area contributed by atoms with Crippen LogP contribution >= 0.6 is 15.9 Å². The fourth-order valence-electron chi connectivity index (χ4n) is 2.14. The number of hydrogen-bond acceptors (Lipinski definition) is 6. The predicted molar refractivity (Wildman–Crippen MR) is 98.9 cm³/mol. The van der Waals surface area contributed by atoms with Gasteiger partial charge < -0.3 is 13.9 Å². The lowest BCUT2D eigenvalue weighted by molar-refractivity contribution is 0.0444. The fourth-order valence-corrected chi connectivity index (χ4v) is 2.41. The van der Waals surface area contributed by atoms with Crippen molar-refractivity contribution >= 4 is 33.7 Å². The summed E-state index contributed by atoms with van der Waals surface area (Å²) in [6.45, 7) is -0.419. The van der Waals surface area contributed by atoms with Crippen molar-refractivity contribution in [3.05, 3.63) is 88.3 Å². The average molecular weight is 429 g/mol. The molecule has 3 aromatic rings. The molecule has 0 aliphatic rings. The molecule has 6 nitrogen and oxygen atoms in total. The summed E-state index contributed by atoms with van der Waals surface area (Å²) in [6.07, 6.45) is 1.34.